The quantitative estimate of drug-likeness (QED) is 0.853. The molecule has 2 unspecified atom stereocenters. The molecule has 0 aliphatic heterocycles. The number of hydrogen-bond donors (Lipinski definition) is 1. The Morgan fingerprint density at radius 2 is 1.85 bits per heavy atom. The van der Waals surface area contributed by atoms with Crippen LogP contribution in [0.5, 0.6) is 0 Å². The van der Waals surface area contributed by atoms with Crippen molar-refractivity contribution in [3.05, 3.63) is 35.1 Å². The molecule has 1 aliphatic carbocycles. The van der Waals surface area contributed by atoms with Crippen LogP contribution in [0, 0.1) is 28.8 Å². The second-order valence-corrected chi connectivity index (χ2v) is 6.31. The van der Waals surface area contributed by atoms with Gasteiger partial charge in [0.15, 0.2) is 0 Å². The van der Waals surface area contributed by atoms with Crippen LogP contribution >= 0.6 is 0 Å². The first-order valence-electron chi connectivity index (χ1n) is 7.24. The monoisotopic (exact) mass is 285 g/mol. The Bertz CT molecular complexity index is 462. The van der Waals surface area contributed by atoms with E-state index in [1.807, 2.05) is 6.92 Å². The maximum atomic E-state index is 14.1. The van der Waals surface area contributed by atoms with Gasteiger partial charge in [0, 0.05) is 23.7 Å². The Morgan fingerprint density at radius 3 is 2.30 bits per heavy atom. The van der Waals surface area contributed by atoms with Crippen molar-refractivity contribution in [2.45, 2.75) is 46.1 Å². The van der Waals surface area contributed by atoms with Crippen LogP contribution in [0.1, 0.15) is 51.6 Å². The Labute approximate surface area is 118 Å². The van der Waals surface area contributed by atoms with Crippen LogP contribution in [0.4, 0.5) is 13.2 Å². The minimum absolute atomic E-state index is 0.0202. The van der Waals surface area contributed by atoms with Gasteiger partial charge in [-0.1, -0.05) is 27.2 Å². The van der Waals surface area contributed by atoms with Gasteiger partial charge in [-0.2, -0.15) is 0 Å². The third kappa shape index (κ3) is 2.85. The number of benzene rings is 1. The fraction of sp³-hybridized carbons (Fsp3) is 0.625. The summed E-state index contributed by atoms with van der Waals surface area (Å²) >= 11 is 0. The van der Waals surface area contributed by atoms with Crippen LogP contribution in [-0.2, 0) is 0 Å². The maximum Gasteiger partial charge on any atom is 0.133 e. The van der Waals surface area contributed by atoms with Gasteiger partial charge in [-0.05, 0) is 30.7 Å². The van der Waals surface area contributed by atoms with E-state index in [9.17, 15) is 13.2 Å². The highest BCUT2D eigenvalue weighted by molar-refractivity contribution is 5.26. The Balaban J connectivity index is 2.44. The van der Waals surface area contributed by atoms with E-state index in [-0.39, 0.29) is 16.9 Å². The third-order valence-electron chi connectivity index (χ3n) is 4.52. The van der Waals surface area contributed by atoms with E-state index in [0.717, 1.165) is 31.4 Å². The normalized spacial score (nSPS) is 23.0. The molecule has 1 nitrogen and oxygen atoms in total. The van der Waals surface area contributed by atoms with Gasteiger partial charge < -0.3 is 5.32 Å². The van der Waals surface area contributed by atoms with Gasteiger partial charge in [-0.25, -0.2) is 13.2 Å². The van der Waals surface area contributed by atoms with E-state index >= 15 is 0 Å². The van der Waals surface area contributed by atoms with E-state index in [1.165, 1.54) is 0 Å². The van der Waals surface area contributed by atoms with Crippen molar-refractivity contribution < 1.29 is 13.2 Å². The molecule has 0 saturated heterocycles. The standard InChI is InChI=1S/C16H22F3N/c1-4-20-15(11-6-5-7-16(11,2)3)14-12(18)8-10(17)9-13(14)19/h8-9,11,15,20H,4-7H2,1-3H3. The summed E-state index contributed by atoms with van der Waals surface area (Å²) in [7, 11) is 0. The molecule has 0 bridgehead atoms. The molecule has 0 radical (unpaired) electrons. The second kappa shape index (κ2) is 5.76. The molecule has 20 heavy (non-hydrogen) atoms. The minimum atomic E-state index is -0.871. The van der Waals surface area contributed by atoms with Crippen LogP contribution in [0.2, 0.25) is 0 Å². The molecule has 4 heteroatoms. The summed E-state index contributed by atoms with van der Waals surface area (Å²) in [4.78, 5) is 0. The van der Waals surface area contributed by atoms with Gasteiger partial charge in [0.25, 0.3) is 0 Å². The molecule has 1 N–H and O–H groups in total. The lowest BCUT2D eigenvalue weighted by Crippen LogP contribution is -2.35. The highest BCUT2D eigenvalue weighted by atomic mass is 19.1. The molecule has 0 heterocycles. The molecule has 2 rings (SSSR count). The molecular weight excluding hydrogens is 263 g/mol. The molecule has 0 amide bonds. The molecule has 112 valence electrons. The maximum absolute atomic E-state index is 14.1. The summed E-state index contributed by atoms with van der Waals surface area (Å²) in [5.74, 6) is -2.31. The van der Waals surface area contributed by atoms with Gasteiger partial charge >= 0.3 is 0 Å². The fourth-order valence-corrected chi connectivity index (χ4v) is 3.49. The first kappa shape index (κ1) is 15.4. The van der Waals surface area contributed by atoms with Crippen LogP contribution in [-0.4, -0.2) is 6.54 Å². The average molecular weight is 285 g/mol. The Hall–Kier alpha value is -1.03. The average Bonchev–Trinajstić information content (AvgIpc) is 2.66. The van der Waals surface area contributed by atoms with E-state index in [0.29, 0.717) is 6.54 Å². The van der Waals surface area contributed by atoms with E-state index in [4.69, 9.17) is 0 Å². The van der Waals surface area contributed by atoms with E-state index in [2.05, 4.69) is 19.2 Å². The predicted molar refractivity (Wildman–Crippen MR) is 73.9 cm³/mol. The van der Waals surface area contributed by atoms with Gasteiger partial charge in [0.2, 0.25) is 0 Å². The van der Waals surface area contributed by atoms with Crippen molar-refractivity contribution in [1.29, 1.82) is 0 Å². The van der Waals surface area contributed by atoms with Gasteiger partial charge in [0.1, 0.15) is 17.5 Å². The summed E-state index contributed by atoms with van der Waals surface area (Å²) in [5.41, 5.74) is 0.00772. The molecule has 0 aromatic heterocycles. The number of hydrogen-bond acceptors (Lipinski definition) is 1. The Morgan fingerprint density at radius 1 is 1.25 bits per heavy atom. The van der Waals surface area contributed by atoms with Gasteiger partial charge in [-0.15, -0.1) is 0 Å². The summed E-state index contributed by atoms with van der Waals surface area (Å²) in [6.07, 6.45) is 3.04. The van der Waals surface area contributed by atoms with E-state index < -0.39 is 23.5 Å². The lowest BCUT2D eigenvalue weighted by molar-refractivity contribution is 0.193. The number of nitrogens with one attached hydrogen (secondary N) is 1. The van der Waals surface area contributed by atoms with Crippen LogP contribution < -0.4 is 5.32 Å². The molecule has 0 spiro atoms. The van der Waals surface area contributed by atoms with Gasteiger partial charge in [0.05, 0.1) is 0 Å². The van der Waals surface area contributed by atoms with Crippen LogP contribution in [0.3, 0.4) is 0 Å². The summed E-state index contributed by atoms with van der Waals surface area (Å²) in [6.45, 7) is 6.80. The highest BCUT2D eigenvalue weighted by Crippen LogP contribution is 2.49. The number of halogens is 3. The van der Waals surface area contributed by atoms with Crippen molar-refractivity contribution >= 4 is 0 Å². The fourth-order valence-electron chi connectivity index (χ4n) is 3.49. The highest BCUT2D eigenvalue weighted by Gasteiger charge is 2.41. The summed E-state index contributed by atoms with van der Waals surface area (Å²) < 4.78 is 41.2. The lowest BCUT2D eigenvalue weighted by atomic mass is 9.75. The van der Waals surface area contributed by atoms with Crippen LogP contribution in [0.25, 0.3) is 0 Å². The first-order valence-corrected chi connectivity index (χ1v) is 7.24. The lowest BCUT2D eigenvalue weighted by Gasteiger charge is -2.35. The van der Waals surface area contributed by atoms with Crippen molar-refractivity contribution in [3.8, 4) is 0 Å². The molecule has 1 aliphatic rings. The minimum Gasteiger partial charge on any atom is -0.310 e. The zero-order valence-electron chi connectivity index (χ0n) is 12.3. The largest absolute Gasteiger partial charge is 0.310 e. The van der Waals surface area contributed by atoms with Crippen molar-refractivity contribution in [3.63, 3.8) is 0 Å². The Kier molecular flexibility index (Phi) is 4.43. The van der Waals surface area contributed by atoms with E-state index in [1.54, 1.807) is 0 Å². The first-order chi connectivity index (χ1) is 9.36. The van der Waals surface area contributed by atoms with Crippen molar-refractivity contribution in [1.82, 2.24) is 5.32 Å². The zero-order chi connectivity index (χ0) is 14.9. The molecule has 1 aromatic rings. The zero-order valence-corrected chi connectivity index (χ0v) is 12.3. The molecule has 1 saturated carbocycles. The molecule has 1 aromatic carbocycles. The summed E-state index contributed by atoms with van der Waals surface area (Å²) in [5, 5.41) is 3.20. The SMILES string of the molecule is CCNC(c1c(F)cc(F)cc1F)C1CCCC1(C)C. The molecular formula is C16H22F3N. The number of rotatable bonds is 4. The van der Waals surface area contributed by atoms with Crippen molar-refractivity contribution in [2.24, 2.45) is 11.3 Å². The third-order valence-corrected chi connectivity index (χ3v) is 4.52. The summed E-state index contributed by atoms with van der Waals surface area (Å²) in [6, 6.07) is 1.13. The van der Waals surface area contributed by atoms with Crippen molar-refractivity contribution in [2.75, 3.05) is 6.54 Å². The molecule has 2 atom stereocenters. The van der Waals surface area contributed by atoms with Crippen LogP contribution in [0.15, 0.2) is 12.1 Å². The second-order valence-electron chi connectivity index (χ2n) is 6.31. The van der Waals surface area contributed by atoms with Gasteiger partial charge in [-0.3, -0.25) is 0 Å². The smallest absolute Gasteiger partial charge is 0.133 e. The predicted octanol–water partition coefficient (Wildman–Crippen LogP) is 4.58. The topological polar surface area (TPSA) is 12.0 Å². The molecule has 1 fully saturated rings.